The Kier molecular flexibility index (Phi) is 11.2. The lowest BCUT2D eigenvalue weighted by atomic mass is 9.98. The number of methoxy groups -OCH3 is 1. The predicted molar refractivity (Wildman–Crippen MR) is 227 cm³/mol. The molecule has 300 valence electrons. The molecule has 2 amide bonds. The smallest absolute Gasteiger partial charge is 0.408 e. The van der Waals surface area contributed by atoms with Crippen molar-refractivity contribution < 1.29 is 23.8 Å². The second-order valence-corrected chi connectivity index (χ2v) is 15.8. The first kappa shape index (κ1) is 39.0. The molecular formula is C48H48N6O5. The van der Waals surface area contributed by atoms with Gasteiger partial charge in [0.2, 0.25) is 0 Å². The standard InChI is InChI=1S/C48H48N6O5/c1-48(2,3)59-47(56)51-42(26-31-14-6-5-7-15-31)44-52-53-45(54(44)29-32-22-24-34(57-4)25-23-32)43(27-33-28-49-41-21-13-12-16-35(33)41)50-46(55)58-30-40-38-19-10-8-17-36(38)37-18-9-11-20-39(37)40/h5-25,28,40,42-43,49H,26-27,29-30H2,1-4H3,(H,50,55)(H,51,56)/t42-,43-/m0/s1. The van der Waals surface area contributed by atoms with Gasteiger partial charge in [-0.1, -0.05) is 109 Å². The van der Waals surface area contributed by atoms with Crippen LogP contribution in [-0.2, 0) is 28.9 Å². The van der Waals surface area contributed by atoms with Crippen LogP contribution in [0.25, 0.3) is 22.0 Å². The number of ether oxygens (including phenoxy) is 3. The summed E-state index contributed by atoms with van der Waals surface area (Å²) in [7, 11) is 1.63. The summed E-state index contributed by atoms with van der Waals surface area (Å²) in [5, 5.41) is 16.9. The second-order valence-electron chi connectivity index (χ2n) is 15.8. The van der Waals surface area contributed by atoms with Crippen LogP contribution in [-0.4, -0.2) is 51.3 Å². The third-order valence-electron chi connectivity index (χ3n) is 10.6. The second kappa shape index (κ2) is 16.9. The van der Waals surface area contributed by atoms with Crippen molar-refractivity contribution >= 4 is 23.1 Å². The number of carbonyl (C=O) groups is 2. The van der Waals surface area contributed by atoms with E-state index in [1.807, 2.05) is 129 Å². The molecule has 11 heteroatoms. The van der Waals surface area contributed by atoms with Crippen LogP contribution >= 0.6 is 0 Å². The predicted octanol–water partition coefficient (Wildman–Crippen LogP) is 9.45. The van der Waals surface area contributed by atoms with E-state index in [0.717, 1.165) is 55.6 Å². The van der Waals surface area contributed by atoms with Gasteiger partial charge in [0.1, 0.15) is 18.0 Å². The number of aromatic nitrogens is 4. The van der Waals surface area contributed by atoms with E-state index in [4.69, 9.17) is 24.4 Å². The molecule has 5 aromatic carbocycles. The molecule has 0 unspecified atom stereocenters. The Bertz CT molecular complexity index is 2510. The average molecular weight is 789 g/mol. The highest BCUT2D eigenvalue weighted by Gasteiger charge is 2.32. The van der Waals surface area contributed by atoms with Crippen molar-refractivity contribution in [2.45, 2.75) is 63.8 Å². The van der Waals surface area contributed by atoms with Gasteiger partial charge in [0.25, 0.3) is 0 Å². The van der Waals surface area contributed by atoms with Gasteiger partial charge in [-0.3, -0.25) is 0 Å². The van der Waals surface area contributed by atoms with E-state index < -0.39 is 29.9 Å². The molecule has 2 heterocycles. The number of nitrogens with one attached hydrogen (secondary N) is 3. The van der Waals surface area contributed by atoms with Crippen LogP contribution in [0.2, 0.25) is 0 Å². The van der Waals surface area contributed by atoms with E-state index in [2.05, 4.69) is 45.9 Å². The zero-order valence-corrected chi connectivity index (χ0v) is 33.6. The number of nitrogens with zero attached hydrogens (tertiary/aromatic N) is 3. The lowest BCUT2D eigenvalue weighted by Gasteiger charge is -2.25. The molecule has 59 heavy (non-hydrogen) atoms. The molecule has 11 nitrogen and oxygen atoms in total. The monoisotopic (exact) mass is 788 g/mol. The highest BCUT2D eigenvalue weighted by Crippen LogP contribution is 2.44. The maximum Gasteiger partial charge on any atom is 0.408 e. The van der Waals surface area contributed by atoms with Gasteiger partial charge >= 0.3 is 12.2 Å². The molecule has 3 N–H and O–H groups in total. The number of alkyl carbamates (subject to hydrolysis) is 2. The van der Waals surface area contributed by atoms with Crippen LogP contribution in [0.5, 0.6) is 5.75 Å². The van der Waals surface area contributed by atoms with Crippen LogP contribution in [0.15, 0.2) is 134 Å². The minimum absolute atomic E-state index is 0.108. The Hall–Kier alpha value is -6.88. The SMILES string of the molecule is COc1ccc(Cn2c([C@H](Cc3c[nH]c4ccccc34)NC(=O)OCC3c4ccccc4-c4ccccc43)nnc2[C@H](Cc2ccccc2)NC(=O)OC(C)(C)C)cc1. The molecule has 0 radical (unpaired) electrons. The minimum atomic E-state index is -0.722. The Morgan fingerprint density at radius 3 is 1.97 bits per heavy atom. The van der Waals surface area contributed by atoms with Crippen molar-refractivity contribution in [2.24, 2.45) is 0 Å². The lowest BCUT2D eigenvalue weighted by Crippen LogP contribution is -2.37. The third kappa shape index (κ3) is 8.84. The maximum atomic E-state index is 14.1. The molecule has 0 spiro atoms. The summed E-state index contributed by atoms with van der Waals surface area (Å²) < 4.78 is 19.3. The van der Waals surface area contributed by atoms with Crippen LogP contribution in [0.4, 0.5) is 9.59 Å². The molecule has 1 aliphatic carbocycles. The first-order chi connectivity index (χ1) is 28.6. The molecule has 7 aromatic rings. The van der Waals surface area contributed by atoms with Crippen LogP contribution in [0, 0.1) is 0 Å². The molecule has 0 fully saturated rings. The lowest BCUT2D eigenvalue weighted by molar-refractivity contribution is 0.0500. The van der Waals surface area contributed by atoms with Crippen LogP contribution in [0.1, 0.15) is 78.2 Å². The topological polar surface area (TPSA) is 132 Å². The quantitative estimate of drug-likeness (QED) is 0.106. The molecule has 0 bridgehead atoms. The summed E-state index contributed by atoms with van der Waals surface area (Å²) in [4.78, 5) is 30.9. The van der Waals surface area contributed by atoms with Gasteiger partial charge in [0.05, 0.1) is 25.7 Å². The average Bonchev–Trinajstić information content (AvgIpc) is 3.93. The molecular weight excluding hydrogens is 741 g/mol. The van der Waals surface area contributed by atoms with Gasteiger partial charge in [-0.25, -0.2) is 9.59 Å². The third-order valence-corrected chi connectivity index (χ3v) is 10.6. The van der Waals surface area contributed by atoms with Crippen molar-refractivity contribution in [2.75, 3.05) is 13.7 Å². The summed E-state index contributed by atoms with van der Waals surface area (Å²) >= 11 is 0. The first-order valence-electron chi connectivity index (χ1n) is 19.9. The van der Waals surface area contributed by atoms with Crippen molar-refractivity contribution in [1.29, 1.82) is 0 Å². The van der Waals surface area contributed by atoms with Crippen LogP contribution < -0.4 is 15.4 Å². The summed E-state index contributed by atoms with van der Waals surface area (Å²) in [6, 6.07) is 40.9. The van der Waals surface area contributed by atoms with E-state index in [9.17, 15) is 9.59 Å². The van der Waals surface area contributed by atoms with E-state index >= 15 is 0 Å². The summed E-state index contributed by atoms with van der Waals surface area (Å²) in [5.41, 5.74) is 7.73. The molecule has 2 atom stereocenters. The Labute approximate surface area is 343 Å². The summed E-state index contributed by atoms with van der Waals surface area (Å²) in [5.74, 6) is 1.62. The number of fused-ring (bicyclic) bond motifs is 4. The first-order valence-corrected chi connectivity index (χ1v) is 19.9. The number of benzene rings is 5. The number of hydrogen-bond donors (Lipinski definition) is 3. The van der Waals surface area contributed by atoms with Gasteiger partial charge in [0.15, 0.2) is 11.6 Å². The van der Waals surface area contributed by atoms with E-state index in [-0.39, 0.29) is 12.5 Å². The van der Waals surface area contributed by atoms with Crippen molar-refractivity contribution in [1.82, 2.24) is 30.4 Å². The Balaban J connectivity index is 1.17. The zero-order chi connectivity index (χ0) is 40.9. The molecule has 1 aliphatic rings. The number of aromatic amines is 1. The Morgan fingerprint density at radius 2 is 1.31 bits per heavy atom. The zero-order valence-electron chi connectivity index (χ0n) is 33.6. The molecule has 0 saturated heterocycles. The Morgan fingerprint density at radius 1 is 0.712 bits per heavy atom. The highest BCUT2D eigenvalue weighted by molar-refractivity contribution is 5.83. The number of hydrogen-bond acceptors (Lipinski definition) is 7. The number of amides is 2. The van der Waals surface area contributed by atoms with Crippen molar-refractivity contribution in [3.63, 3.8) is 0 Å². The minimum Gasteiger partial charge on any atom is -0.497 e. The number of H-pyrrole nitrogens is 1. The van der Waals surface area contributed by atoms with Crippen LogP contribution in [0.3, 0.4) is 0 Å². The van der Waals surface area contributed by atoms with Crippen molar-refractivity contribution in [3.8, 4) is 16.9 Å². The summed E-state index contributed by atoms with van der Waals surface area (Å²) in [6.07, 6.45) is 1.59. The van der Waals surface area contributed by atoms with E-state index in [1.165, 1.54) is 0 Å². The molecule has 8 rings (SSSR count). The van der Waals surface area contributed by atoms with Gasteiger partial charge in [-0.05, 0) is 77.9 Å². The van der Waals surface area contributed by atoms with Gasteiger partial charge < -0.3 is 34.4 Å². The van der Waals surface area contributed by atoms with Gasteiger partial charge in [-0.15, -0.1) is 10.2 Å². The van der Waals surface area contributed by atoms with E-state index in [1.54, 1.807) is 7.11 Å². The fraction of sp³-hybridized carbons (Fsp3) is 0.250. The maximum absolute atomic E-state index is 14.1. The number of carbonyl (C=O) groups excluding carboxylic acids is 2. The molecule has 0 aliphatic heterocycles. The number of rotatable bonds is 13. The van der Waals surface area contributed by atoms with E-state index in [0.29, 0.717) is 31.0 Å². The molecule has 2 aromatic heterocycles. The van der Waals surface area contributed by atoms with Gasteiger partial charge in [-0.2, -0.15) is 0 Å². The fourth-order valence-electron chi connectivity index (χ4n) is 7.94. The summed E-state index contributed by atoms with van der Waals surface area (Å²) in [6.45, 7) is 5.97. The molecule has 0 saturated carbocycles. The number of para-hydroxylation sites is 1. The fourth-order valence-corrected chi connectivity index (χ4v) is 7.94. The van der Waals surface area contributed by atoms with Gasteiger partial charge in [0, 0.05) is 35.9 Å². The highest BCUT2D eigenvalue weighted by atomic mass is 16.6. The van der Waals surface area contributed by atoms with Crippen molar-refractivity contribution in [3.05, 3.63) is 173 Å². The largest absolute Gasteiger partial charge is 0.497 e. The normalized spacial score (nSPS) is 13.3.